The number of carbonyl (C=O) groups excluding carboxylic acids is 1. The van der Waals surface area contributed by atoms with E-state index in [2.05, 4.69) is 9.88 Å². The highest BCUT2D eigenvalue weighted by Gasteiger charge is 2.26. The van der Waals surface area contributed by atoms with Crippen LogP contribution in [0, 0.1) is 0 Å². The second-order valence-electron chi connectivity index (χ2n) is 4.97. The number of halogens is 1. The van der Waals surface area contributed by atoms with Gasteiger partial charge in [0, 0.05) is 25.7 Å². The second kappa shape index (κ2) is 5.26. The maximum Gasteiger partial charge on any atom is 0.258 e. The van der Waals surface area contributed by atoms with Crippen LogP contribution in [0.4, 0.5) is 17.2 Å². The molecule has 1 aliphatic rings. The third kappa shape index (κ3) is 2.52. The number of para-hydroxylation sites is 2. The molecule has 1 aromatic carbocycles. The summed E-state index contributed by atoms with van der Waals surface area (Å²) < 4.78 is 0. The summed E-state index contributed by atoms with van der Waals surface area (Å²) in [6.45, 7) is 1.39. The zero-order valence-corrected chi connectivity index (χ0v) is 12.3. The molecule has 0 radical (unpaired) electrons. The number of carbonyl (C=O) groups is 1. The zero-order valence-electron chi connectivity index (χ0n) is 11.6. The molecule has 5 nitrogen and oxygen atoms in total. The van der Waals surface area contributed by atoms with Crippen LogP contribution in [0.2, 0.25) is 5.15 Å². The summed E-state index contributed by atoms with van der Waals surface area (Å²) in [7, 11) is 2.02. The number of aromatic nitrogens is 1. The third-order valence-corrected chi connectivity index (χ3v) is 3.74. The number of nitrogen functional groups attached to an aromatic ring is 1. The number of likely N-dealkylation sites (N-methyl/N-ethyl adjacent to an activating group) is 1. The van der Waals surface area contributed by atoms with Crippen molar-refractivity contribution in [1.29, 1.82) is 0 Å². The molecule has 6 heteroatoms. The van der Waals surface area contributed by atoms with Crippen molar-refractivity contribution in [2.75, 3.05) is 35.7 Å². The molecule has 0 unspecified atom stereocenters. The number of rotatable bonds is 1. The molecule has 0 aliphatic carbocycles. The van der Waals surface area contributed by atoms with E-state index in [4.69, 9.17) is 17.3 Å². The van der Waals surface area contributed by atoms with Crippen LogP contribution in [-0.4, -0.2) is 31.0 Å². The number of pyridine rings is 1. The molecular formula is C15H15ClN4O. The van der Waals surface area contributed by atoms with Crippen LogP contribution in [0.15, 0.2) is 36.4 Å². The van der Waals surface area contributed by atoms with E-state index in [1.54, 1.807) is 17.0 Å². The SMILES string of the molecule is CN1CCN(C(=O)c2cc(N)nc(Cl)c2)c2ccccc21. The smallest absolute Gasteiger partial charge is 0.258 e. The van der Waals surface area contributed by atoms with Crippen molar-refractivity contribution < 1.29 is 4.79 Å². The van der Waals surface area contributed by atoms with Gasteiger partial charge in [0.05, 0.1) is 11.4 Å². The lowest BCUT2D eigenvalue weighted by Crippen LogP contribution is -2.42. The highest BCUT2D eigenvalue weighted by atomic mass is 35.5. The van der Waals surface area contributed by atoms with Crippen molar-refractivity contribution in [2.45, 2.75) is 0 Å². The summed E-state index contributed by atoms with van der Waals surface area (Å²) in [4.78, 5) is 20.5. The average molecular weight is 303 g/mol. The first-order valence-electron chi connectivity index (χ1n) is 6.61. The lowest BCUT2D eigenvalue weighted by Gasteiger charge is -2.35. The minimum absolute atomic E-state index is 0.119. The standard InChI is InChI=1S/C15H15ClN4O/c1-19-6-7-20(12-5-3-2-4-11(12)19)15(21)10-8-13(16)18-14(17)9-10/h2-5,8-9H,6-7H2,1H3,(H2,17,18). The van der Waals surface area contributed by atoms with Gasteiger partial charge in [-0.25, -0.2) is 4.98 Å². The van der Waals surface area contributed by atoms with Crippen molar-refractivity contribution in [3.05, 3.63) is 47.1 Å². The van der Waals surface area contributed by atoms with E-state index in [-0.39, 0.29) is 16.9 Å². The maximum absolute atomic E-state index is 12.7. The highest BCUT2D eigenvalue weighted by molar-refractivity contribution is 6.30. The Bertz CT molecular complexity index is 684. The topological polar surface area (TPSA) is 62.5 Å². The molecule has 2 heterocycles. The molecule has 2 N–H and O–H groups in total. The summed E-state index contributed by atoms with van der Waals surface area (Å²) >= 11 is 5.89. The second-order valence-corrected chi connectivity index (χ2v) is 5.36. The Kier molecular flexibility index (Phi) is 3.43. The van der Waals surface area contributed by atoms with Gasteiger partial charge in [0.15, 0.2) is 0 Å². The predicted molar refractivity (Wildman–Crippen MR) is 85.0 cm³/mol. The summed E-state index contributed by atoms with van der Waals surface area (Å²) in [6.07, 6.45) is 0. The van der Waals surface area contributed by atoms with Gasteiger partial charge in [-0.15, -0.1) is 0 Å². The Morgan fingerprint density at radius 2 is 1.95 bits per heavy atom. The van der Waals surface area contributed by atoms with Crippen molar-refractivity contribution in [3.8, 4) is 0 Å². The Balaban J connectivity index is 2.01. The lowest BCUT2D eigenvalue weighted by molar-refractivity contribution is 0.0986. The molecule has 108 valence electrons. The minimum atomic E-state index is -0.119. The molecule has 1 amide bonds. The first-order chi connectivity index (χ1) is 10.1. The van der Waals surface area contributed by atoms with Gasteiger partial charge >= 0.3 is 0 Å². The number of fused-ring (bicyclic) bond motifs is 1. The summed E-state index contributed by atoms with van der Waals surface area (Å²) in [5, 5.41) is 0.223. The van der Waals surface area contributed by atoms with Crippen LogP contribution in [-0.2, 0) is 0 Å². The molecule has 0 bridgehead atoms. The van der Waals surface area contributed by atoms with Crippen molar-refractivity contribution in [1.82, 2.24) is 4.98 Å². The molecule has 0 atom stereocenters. The lowest BCUT2D eigenvalue weighted by atomic mass is 10.1. The van der Waals surface area contributed by atoms with Crippen LogP contribution >= 0.6 is 11.6 Å². The highest BCUT2D eigenvalue weighted by Crippen LogP contribution is 2.32. The van der Waals surface area contributed by atoms with E-state index in [0.29, 0.717) is 12.1 Å². The van der Waals surface area contributed by atoms with Gasteiger partial charge in [0.25, 0.3) is 5.91 Å². The maximum atomic E-state index is 12.7. The van der Waals surface area contributed by atoms with Crippen LogP contribution in [0.1, 0.15) is 10.4 Å². The Labute approximate surface area is 127 Å². The number of anilines is 3. The third-order valence-electron chi connectivity index (χ3n) is 3.55. The summed E-state index contributed by atoms with van der Waals surface area (Å²) in [5.41, 5.74) is 8.04. The molecule has 1 aromatic heterocycles. The van der Waals surface area contributed by atoms with E-state index >= 15 is 0 Å². The van der Waals surface area contributed by atoms with Gasteiger partial charge in [-0.05, 0) is 24.3 Å². The molecule has 1 aliphatic heterocycles. The molecular weight excluding hydrogens is 288 g/mol. The Morgan fingerprint density at radius 1 is 1.24 bits per heavy atom. The van der Waals surface area contributed by atoms with Gasteiger partial charge in [0.2, 0.25) is 0 Å². The minimum Gasteiger partial charge on any atom is -0.384 e. The van der Waals surface area contributed by atoms with E-state index < -0.39 is 0 Å². The Morgan fingerprint density at radius 3 is 2.67 bits per heavy atom. The number of hydrogen-bond donors (Lipinski definition) is 1. The monoisotopic (exact) mass is 302 g/mol. The normalized spacial score (nSPS) is 14.0. The van der Waals surface area contributed by atoms with E-state index in [1.165, 1.54) is 0 Å². The largest absolute Gasteiger partial charge is 0.384 e. The number of amides is 1. The van der Waals surface area contributed by atoms with E-state index in [9.17, 15) is 4.79 Å². The van der Waals surface area contributed by atoms with Gasteiger partial charge in [0.1, 0.15) is 11.0 Å². The fraction of sp³-hybridized carbons (Fsp3) is 0.200. The van der Waals surface area contributed by atoms with Crippen LogP contribution in [0.3, 0.4) is 0 Å². The first kappa shape index (κ1) is 13.7. The quantitative estimate of drug-likeness (QED) is 0.822. The molecule has 21 heavy (non-hydrogen) atoms. The molecule has 0 saturated heterocycles. The van der Waals surface area contributed by atoms with E-state index in [0.717, 1.165) is 17.9 Å². The van der Waals surface area contributed by atoms with E-state index in [1.807, 2.05) is 31.3 Å². The van der Waals surface area contributed by atoms with Crippen LogP contribution < -0.4 is 15.5 Å². The predicted octanol–water partition coefficient (Wildman–Crippen LogP) is 2.41. The fourth-order valence-electron chi connectivity index (χ4n) is 2.51. The molecule has 0 fully saturated rings. The Hall–Kier alpha value is -2.27. The molecule has 3 rings (SSSR count). The zero-order chi connectivity index (χ0) is 15.0. The molecule has 0 spiro atoms. The number of benzene rings is 1. The number of hydrogen-bond acceptors (Lipinski definition) is 4. The van der Waals surface area contributed by atoms with Crippen molar-refractivity contribution in [3.63, 3.8) is 0 Å². The number of nitrogens with zero attached hydrogens (tertiary/aromatic N) is 3. The average Bonchev–Trinajstić information content (AvgIpc) is 2.46. The fourth-order valence-corrected chi connectivity index (χ4v) is 2.73. The van der Waals surface area contributed by atoms with Crippen molar-refractivity contribution >= 4 is 34.7 Å². The summed E-state index contributed by atoms with van der Waals surface area (Å²) in [5.74, 6) is 0.125. The van der Waals surface area contributed by atoms with Crippen LogP contribution in [0.5, 0.6) is 0 Å². The van der Waals surface area contributed by atoms with Gasteiger partial charge in [-0.2, -0.15) is 0 Å². The van der Waals surface area contributed by atoms with Gasteiger partial charge < -0.3 is 15.5 Å². The summed E-state index contributed by atoms with van der Waals surface area (Å²) in [6, 6.07) is 10.9. The molecule has 0 saturated carbocycles. The van der Waals surface area contributed by atoms with Crippen LogP contribution in [0.25, 0.3) is 0 Å². The molecule has 2 aromatic rings. The van der Waals surface area contributed by atoms with Gasteiger partial charge in [-0.1, -0.05) is 23.7 Å². The first-order valence-corrected chi connectivity index (χ1v) is 6.99. The van der Waals surface area contributed by atoms with Gasteiger partial charge in [-0.3, -0.25) is 4.79 Å². The van der Waals surface area contributed by atoms with Crippen molar-refractivity contribution in [2.24, 2.45) is 0 Å². The number of nitrogens with two attached hydrogens (primary N) is 1.